The first-order chi connectivity index (χ1) is 12.8. The number of rotatable bonds is 9. The number of hydrogen-bond donors (Lipinski definition) is 0. The summed E-state index contributed by atoms with van der Waals surface area (Å²) in [6.45, 7) is 9.69. The first-order valence-corrected chi connectivity index (χ1v) is 10.0. The molecule has 0 amide bonds. The van der Waals surface area contributed by atoms with E-state index in [-0.39, 0.29) is 12.8 Å². The van der Waals surface area contributed by atoms with E-state index in [0.717, 1.165) is 40.8 Å². The van der Waals surface area contributed by atoms with Gasteiger partial charge in [0.15, 0.2) is 0 Å². The van der Waals surface area contributed by atoms with Crippen molar-refractivity contribution in [3.8, 4) is 5.75 Å². The minimum absolute atomic E-state index is 0.0770. The van der Waals surface area contributed by atoms with E-state index >= 15 is 0 Å². The van der Waals surface area contributed by atoms with E-state index in [9.17, 15) is 4.79 Å². The van der Waals surface area contributed by atoms with Crippen molar-refractivity contribution in [1.82, 2.24) is 4.98 Å². The molecule has 0 aliphatic heterocycles. The van der Waals surface area contributed by atoms with E-state index in [2.05, 4.69) is 6.92 Å². The topological polar surface area (TPSA) is 48.4 Å². The van der Waals surface area contributed by atoms with E-state index in [0.29, 0.717) is 0 Å². The van der Waals surface area contributed by atoms with Gasteiger partial charge in [0.05, 0.1) is 10.9 Å². The molecule has 0 unspecified atom stereocenters. The van der Waals surface area contributed by atoms with Crippen molar-refractivity contribution < 1.29 is 14.3 Å². The highest BCUT2D eigenvalue weighted by molar-refractivity contribution is 5.86. The number of aryl methyl sites for hydroxylation is 1. The molecule has 0 radical (unpaired) electrons. The van der Waals surface area contributed by atoms with Crippen LogP contribution in [0.15, 0.2) is 24.3 Å². The molecule has 0 atom stereocenters. The number of esters is 1. The average molecular weight is 372 g/mol. The Hall–Kier alpha value is -2.10. The number of nitrogens with zero attached hydrogens (tertiary/aromatic N) is 1. The fourth-order valence-electron chi connectivity index (χ4n) is 3.06. The molecule has 2 rings (SSSR count). The molecule has 0 aliphatic rings. The number of benzene rings is 1. The Morgan fingerprint density at radius 3 is 2.48 bits per heavy atom. The third-order valence-corrected chi connectivity index (χ3v) is 4.68. The number of aromatic nitrogens is 1. The molecule has 0 bridgehead atoms. The minimum atomic E-state index is -0.540. The van der Waals surface area contributed by atoms with Crippen molar-refractivity contribution >= 4 is 16.9 Å². The van der Waals surface area contributed by atoms with E-state index in [1.165, 1.54) is 25.7 Å². The maximum absolute atomic E-state index is 12.0. The van der Waals surface area contributed by atoms with Crippen LogP contribution in [-0.4, -0.2) is 17.7 Å². The molecule has 0 fully saturated rings. The van der Waals surface area contributed by atoms with Crippen LogP contribution in [0.1, 0.15) is 71.1 Å². The average Bonchev–Trinajstić information content (AvgIpc) is 2.62. The highest BCUT2D eigenvalue weighted by Crippen LogP contribution is 2.32. The SMILES string of the molecule is CCCCCCCc1c(C)nc2ccccc2c1OCOC(=O)C(C)(C)C. The Bertz CT molecular complexity index is 762. The van der Waals surface area contributed by atoms with Gasteiger partial charge in [-0.15, -0.1) is 0 Å². The number of unbranched alkanes of at least 4 members (excludes halogenated alkanes) is 4. The van der Waals surface area contributed by atoms with Gasteiger partial charge in [-0.1, -0.05) is 44.7 Å². The molecule has 0 saturated carbocycles. The molecular formula is C23H33NO3. The standard InChI is InChI=1S/C23H33NO3/c1-6-7-8-9-10-13-18-17(2)24-20-15-12-11-14-19(20)21(18)26-16-27-22(25)23(3,4)5/h11-12,14-15H,6-10,13,16H2,1-5H3. The van der Waals surface area contributed by atoms with Crippen molar-refractivity contribution in [2.75, 3.05) is 6.79 Å². The Labute approximate surface area is 163 Å². The predicted octanol–water partition coefficient (Wildman–Crippen LogP) is 5.98. The molecule has 1 aromatic heterocycles. The van der Waals surface area contributed by atoms with Crippen LogP contribution in [0.5, 0.6) is 5.75 Å². The minimum Gasteiger partial charge on any atom is -0.456 e. The molecule has 0 spiro atoms. The van der Waals surface area contributed by atoms with Crippen LogP contribution in [0.2, 0.25) is 0 Å². The number of pyridine rings is 1. The zero-order chi connectivity index (χ0) is 19.9. The summed E-state index contributed by atoms with van der Waals surface area (Å²) in [5.41, 5.74) is 2.47. The van der Waals surface area contributed by atoms with Gasteiger partial charge >= 0.3 is 5.97 Å². The molecule has 0 aliphatic carbocycles. The van der Waals surface area contributed by atoms with E-state index < -0.39 is 5.41 Å². The van der Waals surface area contributed by atoms with Crippen molar-refractivity contribution in [2.24, 2.45) is 5.41 Å². The maximum Gasteiger partial charge on any atom is 0.314 e. The zero-order valence-electron chi connectivity index (χ0n) is 17.4. The van der Waals surface area contributed by atoms with Crippen LogP contribution < -0.4 is 4.74 Å². The maximum atomic E-state index is 12.0. The van der Waals surface area contributed by atoms with Gasteiger partial charge in [0, 0.05) is 16.6 Å². The van der Waals surface area contributed by atoms with Crippen LogP contribution in [0.3, 0.4) is 0 Å². The Morgan fingerprint density at radius 2 is 1.78 bits per heavy atom. The van der Waals surface area contributed by atoms with Gasteiger partial charge in [-0.3, -0.25) is 9.78 Å². The van der Waals surface area contributed by atoms with Crippen molar-refractivity contribution in [3.63, 3.8) is 0 Å². The second-order valence-corrected chi connectivity index (χ2v) is 8.13. The summed E-state index contributed by atoms with van der Waals surface area (Å²) >= 11 is 0. The first-order valence-electron chi connectivity index (χ1n) is 10.0. The van der Waals surface area contributed by atoms with Crippen molar-refractivity contribution in [2.45, 2.75) is 73.1 Å². The lowest BCUT2D eigenvalue weighted by Crippen LogP contribution is -2.24. The second kappa shape index (κ2) is 9.72. The van der Waals surface area contributed by atoms with E-state index in [4.69, 9.17) is 14.5 Å². The van der Waals surface area contributed by atoms with Gasteiger partial charge in [-0.2, -0.15) is 0 Å². The quantitative estimate of drug-likeness (QED) is 0.309. The predicted molar refractivity (Wildman–Crippen MR) is 110 cm³/mol. The molecule has 1 heterocycles. The number of fused-ring (bicyclic) bond motifs is 1. The summed E-state index contributed by atoms with van der Waals surface area (Å²) < 4.78 is 11.3. The Morgan fingerprint density at radius 1 is 1.07 bits per heavy atom. The number of para-hydroxylation sites is 1. The summed E-state index contributed by atoms with van der Waals surface area (Å²) in [6, 6.07) is 7.96. The monoisotopic (exact) mass is 371 g/mol. The smallest absolute Gasteiger partial charge is 0.314 e. The molecule has 4 nitrogen and oxygen atoms in total. The largest absolute Gasteiger partial charge is 0.456 e. The van der Waals surface area contributed by atoms with Crippen molar-refractivity contribution in [1.29, 1.82) is 0 Å². The molecule has 2 aromatic rings. The van der Waals surface area contributed by atoms with Crippen LogP contribution in [0.4, 0.5) is 0 Å². The van der Waals surface area contributed by atoms with Crippen LogP contribution in [-0.2, 0) is 16.0 Å². The summed E-state index contributed by atoms with van der Waals surface area (Å²) in [7, 11) is 0. The fourth-order valence-corrected chi connectivity index (χ4v) is 3.06. The van der Waals surface area contributed by atoms with E-state index in [1.54, 1.807) is 0 Å². The van der Waals surface area contributed by atoms with Crippen LogP contribution in [0, 0.1) is 12.3 Å². The van der Waals surface area contributed by atoms with Gasteiger partial charge in [0.2, 0.25) is 6.79 Å². The number of hydrogen-bond acceptors (Lipinski definition) is 4. The molecule has 1 aromatic carbocycles. The van der Waals surface area contributed by atoms with Gasteiger partial charge in [-0.25, -0.2) is 0 Å². The normalized spacial score (nSPS) is 11.6. The van der Waals surface area contributed by atoms with Gasteiger partial charge in [0.1, 0.15) is 5.75 Å². The highest BCUT2D eigenvalue weighted by Gasteiger charge is 2.23. The summed E-state index contributed by atoms with van der Waals surface area (Å²) in [5.74, 6) is 0.536. The Kier molecular flexibility index (Phi) is 7.64. The molecule has 0 saturated heterocycles. The van der Waals surface area contributed by atoms with Gasteiger partial charge in [0.25, 0.3) is 0 Å². The van der Waals surface area contributed by atoms with Crippen LogP contribution >= 0.6 is 0 Å². The third-order valence-electron chi connectivity index (χ3n) is 4.68. The molecule has 27 heavy (non-hydrogen) atoms. The lowest BCUT2D eigenvalue weighted by molar-refractivity contribution is -0.159. The summed E-state index contributed by atoms with van der Waals surface area (Å²) in [5, 5.41) is 0.971. The third kappa shape index (κ3) is 5.95. The Balaban J connectivity index is 2.19. The lowest BCUT2D eigenvalue weighted by Gasteiger charge is -2.19. The fraction of sp³-hybridized carbons (Fsp3) is 0.565. The lowest BCUT2D eigenvalue weighted by atomic mass is 9.98. The van der Waals surface area contributed by atoms with Gasteiger partial charge < -0.3 is 9.47 Å². The molecule has 148 valence electrons. The summed E-state index contributed by atoms with van der Waals surface area (Å²) in [6.07, 6.45) is 7.02. The molecular weight excluding hydrogens is 338 g/mol. The summed E-state index contributed by atoms with van der Waals surface area (Å²) in [4.78, 5) is 16.8. The van der Waals surface area contributed by atoms with Crippen LogP contribution in [0.25, 0.3) is 10.9 Å². The molecule has 0 N–H and O–H groups in total. The molecule has 4 heteroatoms. The van der Waals surface area contributed by atoms with Gasteiger partial charge in [-0.05, 0) is 52.7 Å². The number of carbonyl (C=O) groups excluding carboxylic acids is 1. The second-order valence-electron chi connectivity index (χ2n) is 8.13. The zero-order valence-corrected chi connectivity index (χ0v) is 17.4. The highest BCUT2D eigenvalue weighted by atomic mass is 16.7. The number of ether oxygens (including phenoxy) is 2. The van der Waals surface area contributed by atoms with Crippen molar-refractivity contribution in [3.05, 3.63) is 35.5 Å². The number of carbonyl (C=O) groups is 1. The first kappa shape index (κ1) is 21.2. The van der Waals surface area contributed by atoms with E-state index in [1.807, 2.05) is 52.0 Å².